The van der Waals surface area contributed by atoms with E-state index in [2.05, 4.69) is 23.2 Å². The van der Waals surface area contributed by atoms with Gasteiger partial charge in [0.2, 0.25) is 0 Å². The Hall–Kier alpha value is -1.65. The number of aliphatic carboxylic acids is 1. The van der Waals surface area contributed by atoms with E-state index in [1.54, 1.807) is 0 Å². The fraction of sp³-hybridized carbons (Fsp3) is 0.643. The number of fused-ring (bicyclic) bond motifs is 1. The molecule has 5 nitrogen and oxygen atoms in total. The molecule has 2 heterocycles. The second-order valence-electron chi connectivity index (χ2n) is 5.79. The predicted octanol–water partition coefficient (Wildman–Crippen LogP) is 1.51. The highest BCUT2D eigenvalue weighted by Gasteiger charge is 2.29. The summed E-state index contributed by atoms with van der Waals surface area (Å²) in [4.78, 5) is 13.0. The number of anilines is 1. The highest BCUT2D eigenvalue weighted by molar-refractivity contribution is 5.71. The van der Waals surface area contributed by atoms with E-state index in [0.717, 1.165) is 30.9 Å². The quantitative estimate of drug-likeness (QED) is 0.874. The number of carboxylic acid groups (broad SMARTS) is 1. The number of aromatic nitrogens is 2. The Bertz CT molecular complexity index is 503. The van der Waals surface area contributed by atoms with Crippen LogP contribution in [0.1, 0.15) is 31.0 Å². The molecule has 1 fully saturated rings. The van der Waals surface area contributed by atoms with Crippen molar-refractivity contribution in [3.63, 3.8) is 0 Å². The van der Waals surface area contributed by atoms with Gasteiger partial charge < -0.3 is 10.0 Å². The molecule has 1 aliphatic carbocycles. The molecule has 0 spiro atoms. The number of hydrogen-bond donors (Lipinski definition) is 1. The van der Waals surface area contributed by atoms with E-state index < -0.39 is 5.97 Å². The zero-order valence-corrected chi connectivity index (χ0v) is 11.2. The molecular formula is C14H19N3O2. The largest absolute Gasteiger partial charge is 0.481 e. The number of hydrogen-bond acceptors (Lipinski definition) is 4. The minimum absolute atomic E-state index is 0.267. The van der Waals surface area contributed by atoms with Gasteiger partial charge in [-0.3, -0.25) is 4.79 Å². The van der Waals surface area contributed by atoms with E-state index in [9.17, 15) is 4.79 Å². The lowest BCUT2D eigenvalue weighted by Crippen LogP contribution is -2.25. The second kappa shape index (κ2) is 4.79. The molecule has 2 atom stereocenters. The van der Waals surface area contributed by atoms with Gasteiger partial charge in [-0.05, 0) is 43.2 Å². The lowest BCUT2D eigenvalue weighted by atomic mass is 9.88. The summed E-state index contributed by atoms with van der Waals surface area (Å²) < 4.78 is 0. The maximum absolute atomic E-state index is 11.0. The van der Waals surface area contributed by atoms with E-state index in [1.807, 2.05) is 4.90 Å². The first-order chi connectivity index (χ1) is 9.13. The summed E-state index contributed by atoms with van der Waals surface area (Å²) in [7, 11) is 0. The van der Waals surface area contributed by atoms with Crippen LogP contribution in [-0.2, 0) is 17.6 Å². The number of nitrogens with zero attached hydrogens (tertiary/aromatic N) is 3. The topological polar surface area (TPSA) is 66.3 Å². The van der Waals surface area contributed by atoms with Crippen LogP contribution in [0.3, 0.4) is 0 Å². The first kappa shape index (κ1) is 12.4. The molecule has 19 heavy (non-hydrogen) atoms. The van der Waals surface area contributed by atoms with Crippen molar-refractivity contribution in [2.75, 3.05) is 18.0 Å². The maximum Gasteiger partial charge on any atom is 0.308 e. The molecule has 102 valence electrons. The summed E-state index contributed by atoms with van der Waals surface area (Å²) in [5.74, 6) is 0.574. The van der Waals surface area contributed by atoms with Crippen LogP contribution in [0.2, 0.25) is 0 Å². The summed E-state index contributed by atoms with van der Waals surface area (Å²) >= 11 is 0. The minimum Gasteiger partial charge on any atom is -0.481 e. The molecular weight excluding hydrogens is 242 g/mol. The molecule has 1 saturated heterocycles. The minimum atomic E-state index is -0.706. The summed E-state index contributed by atoms with van der Waals surface area (Å²) in [6.07, 6.45) is 3.96. The summed E-state index contributed by atoms with van der Waals surface area (Å²) in [6, 6.07) is 2.11. The molecule has 1 aromatic rings. The molecule has 0 radical (unpaired) electrons. The van der Waals surface area contributed by atoms with Crippen LogP contribution in [0.5, 0.6) is 0 Å². The van der Waals surface area contributed by atoms with Crippen LogP contribution in [0.25, 0.3) is 0 Å². The average Bonchev–Trinajstić information content (AvgIpc) is 2.87. The Labute approximate surface area is 112 Å². The summed E-state index contributed by atoms with van der Waals surface area (Å²) in [5, 5.41) is 17.6. The van der Waals surface area contributed by atoms with E-state index in [0.29, 0.717) is 18.9 Å². The van der Waals surface area contributed by atoms with Crippen molar-refractivity contribution in [1.82, 2.24) is 10.2 Å². The Morgan fingerprint density at radius 3 is 3.00 bits per heavy atom. The van der Waals surface area contributed by atoms with Crippen LogP contribution in [0.4, 0.5) is 5.82 Å². The standard InChI is InChI=1S/C14H19N3O2/c1-9-2-3-12-11(6-9)7-13(16-15-12)17-5-4-10(8-17)14(18)19/h7,9-10H,2-6,8H2,1H3,(H,18,19)/t9-,10-/m0/s1. The van der Waals surface area contributed by atoms with Crippen molar-refractivity contribution in [2.24, 2.45) is 11.8 Å². The third kappa shape index (κ3) is 2.41. The van der Waals surface area contributed by atoms with Gasteiger partial charge in [0.25, 0.3) is 0 Å². The maximum atomic E-state index is 11.0. The molecule has 0 bridgehead atoms. The van der Waals surface area contributed by atoms with Crippen LogP contribution in [0.15, 0.2) is 6.07 Å². The molecule has 0 unspecified atom stereocenters. The highest BCUT2D eigenvalue weighted by atomic mass is 16.4. The van der Waals surface area contributed by atoms with Gasteiger partial charge in [0.05, 0.1) is 11.6 Å². The monoisotopic (exact) mass is 261 g/mol. The Kier molecular flexibility index (Phi) is 3.12. The summed E-state index contributed by atoms with van der Waals surface area (Å²) in [5.41, 5.74) is 2.42. The molecule has 1 N–H and O–H groups in total. The van der Waals surface area contributed by atoms with Gasteiger partial charge in [-0.15, -0.1) is 5.10 Å². The second-order valence-corrected chi connectivity index (χ2v) is 5.79. The number of carbonyl (C=O) groups is 1. The normalized spacial score (nSPS) is 26.3. The predicted molar refractivity (Wildman–Crippen MR) is 71.2 cm³/mol. The molecule has 0 amide bonds. The zero-order valence-electron chi connectivity index (χ0n) is 11.2. The van der Waals surface area contributed by atoms with E-state index >= 15 is 0 Å². The summed E-state index contributed by atoms with van der Waals surface area (Å²) in [6.45, 7) is 3.58. The van der Waals surface area contributed by atoms with E-state index in [-0.39, 0.29) is 5.92 Å². The molecule has 0 saturated carbocycles. The van der Waals surface area contributed by atoms with E-state index in [1.165, 1.54) is 12.0 Å². The van der Waals surface area contributed by atoms with Crippen molar-refractivity contribution in [1.29, 1.82) is 0 Å². The van der Waals surface area contributed by atoms with Gasteiger partial charge >= 0.3 is 5.97 Å². The lowest BCUT2D eigenvalue weighted by Gasteiger charge is -2.23. The van der Waals surface area contributed by atoms with Gasteiger partial charge in [0.15, 0.2) is 5.82 Å². The Balaban J connectivity index is 1.79. The lowest BCUT2D eigenvalue weighted by molar-refractivity contribution is -0.140. The molecule has 1 aliphatic heterocycles. The third-order valence-corrected chi connectivity index (χ3v) is 4.25. The first-order valence-electron chi connectivity index (χ1n) is 6.96. The molecule has 1 aromatic heterocycles. The highest BCUT2D eigenvalue weighted by Crippen LogP contribution is 2.28. The smallest absolute Gasteiger partial charge is 0.308 e. The van der Waals surface area contributed by atoms with Gasteiger partial charge in [-0.25, -0.2) is 0 Å². The van der Waals surface area contributed by atoms with Crippen LogP contribution in [0, 0.1) is 11.8 Å². The molecule has 3 rings (SSSR count). The van der Waals surface area contributed by atoms with Gasteiger partial charge in [0.1, 0.15) is 0 Å². The number of carboxylic acids is 1. The van der Waals surface area contributed by atoms with Crippen molar-refractivity contribution in [3.05, 3.63) is 17.3 Å². The Morgan fingerprint density at radius 1 is 1.42 bits per heavy atom. The number of aryl methyl sites for hydroxylation is 1. The fourth-order valence-corrected chi connectivity index (χ4v) is 3.02. The van der Waals surface area contributed by atoms with Crippen LogP contribution in [-0.4, -0.2) is 34.4 Å². The molecule has 5 heteroatoms. The number of rotatable bonds is 2. The van der Waals surface area contributed by atoms with Crippen molar-refractivity contribution < 1.29 is 9.90 Å². The van der Waals surface area contributed by atoms with Crippen molar-refractivity contribution >= 4 is 11.8 Å². The average molecular weight is 261 g/mol. The third-order valence-electron chi connectivity index (χ3n) is 4.25. The molecule has 0 aromatic carbocycles. The van der Waals surface area contributed by atoms with Crippen molar-refractivity contribution in [2.45, 2.75) is 32.6 Å². The van der Waals surface area contributed by atoms with Crippen LogP contribution < -0.4 is 4.90 Å². The fourth-order valence-electron chi connectivity index (χ4n) is 3.02. The van der Waals surface area contributed by atoms with E-state index in [4.69, 9.17) is 5.11 Å². The first-order valence-corrected chi connectivity index (χ1v) is 6.96. The van der Waals surface area contributed by atoms with Gasteiger partial charge in [-0.2, -0.15) is 5.10 Å². The SMILES string of the molecule is C[C@H]1CCc2nnc(N3CC[C@H](C(=O)O)C3)cc2C1. The molecule has 2 aliphatic rings. The van der Waals surface area contributed by atoms with Crippen molar-refractivity contribution in [3.8, 4) is 0 Å². The van der Waals surface area contributed by atoms with Gasteiger partial charge in [0, 0.05) is 13.1 Å². The van der Waals surface area contributed by atoms with Crippen LogP contribution >= 0.6 is 0 Å². The van der Waals surface area contributed by atoms with Gasteiger partial charge in [-0.1, -0.05) is 6.92 Å². The zero-order chi connectivity index (χ0) is 13.4. The Morgan fingerprint density at radius 2 is 2.26 bits per heavy atom.